The van der Waals surface area contributed by atoms with Gasteiger partial charge < -0.3 is 9.32 Å². The molecule has 1 aliphatic rings. The highest BCUT2D eigenvalue weighted by molar-refractivity contribution is 5.59. The number of benzene rings is 1. The fourth-order valence-corrected chi connectivity index (χ4v) is 2.38. The zero-order valence-corrected chi connectivity index (χ0v) is 11.0. The Hall–Kier alpha value is -2.37. The zero-order chi connectivity index (χ0) is 13.9. The maximum atomic E-state index is 10.6. The van der Waals surface area contributed by atoms with Crippen LogP contribution in [0.5, 0.6) is 0 Å². The van der Waals surface area contributed by atoms with Gasteiger partial charge >= 0.3 is 0 Å². The van der Waals surface area contributed by atoms with Crippen LogP contribution in [0.15, 0.2) is 34.9 Å². The lowest BCUT2D eigenvalue weighted by Gasteiger charge is -2.24. The monoisotopic (exact) mass is 273 g/mol. The molecule has 0 amide bonds. The molecule has 2 aromatic rings. The number of hydrogen-bond donors (Lipinski definition) is 0. The van der Waals surface area contributed by atoms with Crippen LogP contribution in [-0.4, -0.2) is 23.0 Å². The molecule has 20 heavy (non-hydrogen) atoms. The molecule has 1 saturated heterocycles. The van der Waals surface area contributed by atoms with Gasteiger partial charge in [-0.3, -0.25) is 10.1 Å². The smallest absolute Gasteiger partial charge is 0.297 e. The van der Waals surface area contributed by atoms with Crippen molar-refractivity contribution in [2.75, 3.05) is 18.0 Å². The minimum atomic E-state index is -0.413. The summed E-state index contributed by atoms with van der Waals surface area (Å²) in [4.78, 5) is 16.6. The van der Waals surface area contributed by atoms with Crippen LogP contribution < -0.4 is 4.90 Å². The number of anilines is 1. The van der Waals surface area contributed by atoms with Crippen molar-refractivity contribution in [1.29, 1.82) is 0 Å². The van der Waals surface area contributed by atoms with Gasteiger partial charge in [-0.1, -0.05) is 0 Å². The van der Waals surface area contributed by atoms with E-state index in [1.165, 1.54) is 18.6 Å². The van der Waals surface area contributed by atoms with E-state index in [2.05, 4.69) is 9.88 Å². The number of nitro benzene ring substituents is 1. The van der Waals surface area contributed by atoms with Gasteiger partial charge in [-0.25, -0.2) is 4.98 Å². The first-order valence-corrected chi connectivity index (χ1v) is 6.69. The summed E-state index contributed by atoms with van der Waals surface area (Å²) in [6, 6.07) is 6.94. The summed E-state index contributed by atoms with van der Waals surface area (Å²) in [6.07, 6.45) is 5.25. The Bertz CT molecular complexity index is 600. The number of nitrogens with zero attached hydrogens (tertiary/aromatic N) is 3. The maximum Gasteiger partial charge on any atom is 0.297 e. The van der Waals surface area contributed by atoms with Crippen LogP contribution >= 0.6 is 0 Å². The van der Waals surface area contributed by atoms with Gasteiger partial charge in [0.05, 0.1) is 11.1 Å². The number of piperidine rings is 1. The molecule has 1 aromatic carbocycles. The van der Waals surface area contributed by atoms with Crippen LogP contribution in [0.2, 0.25) is 0 Å². The fraction of sp³-hybridized carbons (Fsp3) is 0.357. The molecule has 0 saturated carbocycles. The molecule has 1 fully saturated rings. The predicted molar refractivity (Wildman–Crippen MR) is 74.7 cm³/mol. The van der Waals surface area contributed by atoms with Gasteiger partial charge in [-0.2, -0.15) is 0 Å². The van der Waals surface area contributed by atoms with Gasteiger partial charge in [-0.15, -0.1) is 0 Å². The number of non-ortho nitro benzene ring substituents is 1. The molecule has 2 heterocycles. The minimum absolute atomic E-state index is 0.0736. The van der Waals surface area contributed by atoms with Gasteiger partial charge in [0.1, 0.15) is 0 Å². The van der Waals surface area contributed by atoms with Crippen LogP contribution in [-0.2, 0) is 0 Å². The van der Waals surface area contributed by atoms with Crippen molar-refractivity contribution in [1.82, 2.24) is 4.98 Å². The third-order valence-electron chi connectivity index (χ3n) is 3.48. The van der Waals surface area contributed by atoms with Gasteiger partial charge in [0.15, 0.2) is 5.76 Å². The molecule has 0 radical (unpaired) electrons. The number of nitro groups is 1. The molecule has 1 aromatic heterocycles. The summed E-state index contributed by atoms with van der Waals surface area (Å²) in [6.45, 7) is 1.94. The molecule has 0 atom stereocenters. The fourth-order valence-electron chi connectivity index (χ4n) is 2.38. The van der Waals surface area contributed by atoms with Crippen molar-refractivity contribution in [3.8, 4) is 11.3 Å². The molecule has 0 spiro atoms. The van der Waals surface area contributed by atoms with Crippen LogP contribution in [0.4, 0.5) is 11.7 Å². The molecule has 1 aliphatic heterocycles. The van der Waals surface area contributed by atoms with Crippen LogP contribution in [0.1, 0.15) is 19.3 Å². The van der Waals surface area contributed by atoms with E-state index in [9.17, 15) is 10.1 Å². The van der Waals surface area contributed by atoms with E-state index >= 15 is 0 Å². The van der Waals surface area contributed by atoms with E-state index in [4.69, 9.17) is 4.42 Å². The Labute approximate surface area is 116 Å². The largest absolute Gasteiger partial charge is 0.423 e. The lowest BCUT2D eigenvalue weighted by Crippen LogP contribution is -2.29. The van der Waals surface area contributed by atoms with Crippen molar-refractivity contribution in [2.24, 2.45) is 0 Å². The average molecular weight is 273 g/mol. The molecule has 0 bridgehead atoms. The van der Waals surface area contributed by atoms with Crippen molar-refractivity contribution >= 4 is 11.7 Å². The first-order valence-electron chi connectivity index (χ1n) is 6.69. The van der Waals surface area contributed by atoms with Crippen molar-refractivity contribution < 1.29 is 9.34 Å². The molecule has 104 valence electrons. The summed E-state index contributed by atoms with van der Waals surface area (Å²) < 4.78 is 5.75. The second kappa shape index (κ2) is 5.32. The summed E-state index contributed by atoms with van der Waals surface area (Å²) in [7, 11) is 0. The molecule has 6 nitrogen and oxygen atoms in total. The summed E-state index contributed by atoms with van der Waals surface area (Å²) in [5.41, 5.74) is 0.871. The highest BCUT2D eigenvalue weighted by Crippen LogP contribution is 2.27. The predicted octanol–water partition coefficient (Wildman–Crippen LogP) is 3.24. The van der Waals surface area contributed by atoms with Gasteiger partial charge in [0.2, 0.25) is 0 Å². The van der Waals surface area contributed by atoms with Crippen LogP contribution in [0.3, 0.4) is 0 Å². The van der Waals surface area contributed by atoms with Crippen molar-refractivity contribution in [3.05, 3.63) is 40.6 Å². The van der Waals surface area contributed by atoms with Crippen LogP contribution in [0, 0.1) is 10.1 Å². The molecule has 3 rings (SSSR count). The molecular formula is C14H15N3O3. The third kappa shape index (κ3) is 2.49. The molecular weight excluding hydrogens is 258 g/mol. The van der Waals surface area contributed by atoms with Crippen LogP contribution in [0.25, 0.3) is 11.3 Å². The Morgan fingerprint density at radius 3 is 2.50 bits per heavy atom. The van der Waals surface area contributed by atoms with E-state index in [0.29, 0.717) is 11.8 Å². The second-order valence-corrected chi connectivity index (χ2v) is 4.86. The molecule has 6 heteroatoms. The lowest BCUT2D eigenvalue weighted by molar-refractivity contribution is -0.384. The van der Waals surface area contributed by atoms with Gasteiger partial charge in [0.25, 0.3) is 11.7 Å². The first kappa shape index (κ1) is 12.7. The summed E-state index contributed by atoms with van der Waals surface area (Å²) in [5.74, 6) is 0.639. The second-order valence-electron chi connectivity index (χ2n) is 4.86. The number of hydrogen-bond acceptors (Lipinski definition) is 5. The normalized spacial score (nSPS) is 15.3. The Kier molecular flexibility index (Phi) is 3.37. The number of oxazole rings is 1. The highest BCUT2D eigenvalue weighted by Gasteiger charge is 2.16. The number of rotatable bonds is 3. The molecule has 0 N–H and O–H groups in total. The highest BCUT2D eigenvalue weighted by atomic mass is 16.6. The Morgan fingerprint density at radius 1 is 1.15 bits per heavy atom. The maximum absolute atomic E-state index is 10.6. The van der Waals surface area contributed by atoms with E-state index in [0.717, 1.165) is 31.5 Å². The minimum Gasteiger partial charge on any atom is -0.423 e. The Balaban J connectivity index is 1.80. The van der Waals surface area contributed by atoms with E-state index in [1.54, 1.807) is 18.3 Å². The summed E-state index contributed by atoms with van der Waals surface area (Å²) >= 11 is 0. The van der Waals surface area contributed by atoms with Gasteiger partial charge in [0, 0.05) is 30.8 Å². The summed E-state index contributed by atoms with van der Waals surface area (Å²) in [5, 5.41) is 10.6. The lowest BCUT2D eigenvalue weighted by atomic mass is 10.1. The zero-order valence-electron chi connectivity index (χ0n) is 11.0. The van der Waals surface area contributed by atoms with E-state index in [1.807, 2.05) is 0 Å². The van der Waals surface area contributed by atoms with Gasteiger partial charge in [-0.05, 0) is 31.4 Å². The topological polar surface area (TPSA) is 72.4 Å². The van der Waals surface area contributed by atoms with E-state index in [-0.39, 0.29) is 5.69 Å². The number of aromatic nitrogens is 1. The standard InChI is InChI=1S/C14H15N3O3/c18-17(19)12-6-4-11(5-7-12)13-10-15-14(20-13)16-8-2-1-3-9-16/h4-7,10H,1-3,8-9H2. The SMILES string of the molecule is O=[N+]([O-])c1ccc(-c2cnc(N3CCCCC3)o2)cc1. The third-order valence-corrected chi connectivity index (χ3v) is 3.48. The van der Waals surface area contributed by atoms with E-state index < -0.39 is 4.92 Å². The quantitative estimate of drug-likeness (QED) is 0.634. The average Bonchev–Trinajstić information content (AvgIpc) is 2.98. The van der Waals surface area contributed by atoms with Crippen molar-refractivity contribution in [3.63, 3.8) is 0 Å². The van der Waals surface area contributed by atoms with Crippen molar-refractivity contribution in [2.45, 2.75) is 19.3 Å². The molecule has 0 aliphatic carbocycles. The molecule has 0 unspecified atom stereocenters. The Morgan fingerprint density at radius 2 is 1.85 bits per heavy atom. The first-order chi connectivity index (χ1) is 9.74.